The van der Waals surface area contributed by atoms with Crippen LogP contribution in [0.5, 0.6) is 0 Å². The number of aryl methyl sites for hydroxylation is 1. The lowest BCUT2D eigenvalue weighted by molar-refractivity contribution is 0.827. The summed E-state index contributed by atoms with van der Waals surface area (Å²) in [5.41, 5.74) is 11.3. The normalized spacial score (nSPS) is 10.9. The molecule has 4 nitrogen and oxygen atoms in total. The van der Waals surface area contributed by atoms with Crippen molar-refractivity contribution >= 4 is 39.1 Å². The summed E-state index contributed by atoms with van der Waals surface area (Å²) in [6.45, 7) is 3.05. The van der Waals surface area contributed by atoms with E-state index in [1.165, 1.54) is 21.8 Å². The first-order valence-corrected chi connectivity index (χ1v) is 9.75. The van der Waals surface area contributed by atoms with Crippen molar-refractivity contribution in [1.29, 1.82) is 10.5 Å². The van der Waals surface area contributed by atoms with Gasteiger partial charge in [0.05, 0.1) is 0 Å². The molecule has 2 N–H and O–H groups in total. The molecule has 0 aliphatic carbocycles. The van der Waals surface area contributed by atoms with Crippen LogP contribution in [0.15, 0.2) is 78.4 Å². The standard InChI is InChI=1S/C26H20N4/c1-2-30-25-6-4-3-5-23(25)24-15-18(8-14-26(24)30)7-13-22(20(16-27)17-28)19-9-11-21(29)12-10-19/h3-15H,2,29H2,1H3/b13-7+. The maximum atomic E-state index is 9.41. The highest BCUT2D eigenvalue weighted by molar-refractivity contribution is 6.08. The maximum absolute atomic E-state index is 9.41. The van der Waals surface area contributed by atoms with E-state index >= 15 is 0 Å². The lowest BCUT2D eigenvalue weighted by Gasteiger charge is -2.05. The van der Waals surface area contributed by atoms with Gasteiger partial charge >= 0.3 is 0 Å². The summed E-state index contributed by atoms with van der Waals surface area (Å²) >= 11 is 0. The zero-order valence-corrected chi connectivity index (χ0v) is 16.6. The summed E-state index contributed by atoms with van der Waals surface area (Å²) in [6.07, 6.45) is 3.77. The number of nitrogens with zero attached hydrogens (tertiary/aromatic N) is 3. The molecule has 4 aromatic rings. The fraction of sp³-hybridized carbons (Fsp3) is 0.0769. The topological polar surface area (TPSA) is 78.5 Å². The molecule has 0 atom stereocenters. The van der Waals surface area contributed by atoms with Crippen molar-refractivity contribution in [3.63, 3.8) is 0 Å². The summed E-state index contributed by atoms with van der Waals surface area (Å²) in [6, 6.07) is 25.9. The van der Waals surface area contributed by atoms with Crippen LogP contribution in [-0.4, -0.2) is 4.57 Å². The van der Waals surface area contributed by atoms with E-state index in [-0.39, 0.29) is 5.57 Å². The number of nitrogens with two attached hydrogens (primary N) is 1. The number of benzene rings is 3. The molecule has 0 radical (unpaired) electrons. The van der Waals surface area contributed by atoms with E-state index in [1.54, 1.807) is 12.1 Å². The number of aromatic nitrogens is 1. The van der Waals surface area contributed by atoms with Gasteiger partial charge in [0.25, 0.3) is 0 Å². The predicted molar refractivity (Wildman–Crippen MR) is 123 cm³/mol. The van der Waals surface area contributed by atoms with Crippen LogP contribution in [0.25, 0.3) is 33.5 Å². The number of hydrogen-bond acceptors (Lipinski definition) is 3. The minimum atomic E-state index is 0.0692. The average molecular weight is 388 g/mol. The number of allylic oxidation sites excluding steroid dienone is 3. The second-order valence-electron chi connectivity index (χ2n) is 7.01. The van der Waals surface area contributed by atoms with Gasteiger partial charge in [0.2, 0.25) is 0 Å². The smallest absolute Gasteiger partial charge is 0.137 e. The maximum Gasteiger partial charge on any atom is 0.137 e. The van der Waals surface area contributed by atoms with Gasteiger partial charge in [-0.2, -0.15) is 10.5 Å². The van der Waals surface area contributed by atoms with Crippen molar-refractivity contribution in [2.24, 2.45) is 0 Å². The molecule has 0 saturated carbocycles. The van der Waals surface area contributed by atoms with Gasteiger partial charge in [0.15, 0.2) is 0 Å². The molecule has 30 heavy (non-hydrogen) atoms. The number of anilines is 1. The first kappa shape index (κ1) is 19.1. The fourth-order valence-corrected chi connectivity index (χ4v) is 3.83. The molecule has 0 spiro atoms. The Bertz CT molecular complexity index is 1370. The van der Waals surface area contributed by atoms with Crippen LogP contribution in [0, 0.1) is 22.7 Å². The summed E-state index contributed by atoms with van der Waals surface area (Å²) in [5, 5.41) is 21.2. The van der Waals surface area contributed by atoms with Crippen LogP contribution in [-0.2, 0) is 6.54 Å². The molecule has 0 aliphatic heterocycles. The SMILES string of the molecule is CCn1c2ccccc2c2cc(/C=C/C(=C(C#N)C#N)c3ccc(N)cc3)ccc21. The summed E-state index contributed by atoms with van der Waals surface area (Å²) in [4.78, 5) is 0. The molecule has 1 heterocycles. The molecule has 4 rings (SSSR count). The molecule has 0 saturated heterocycles. The van der Waals surface area contributed by atoms with Crippen LogP contribution < -0.4 is 5.73 Å². The highest BCUT2D eigenvalue weighted by Crippen LogP contribution is 2.30. The summed E-state index contributed by atoms with van der Waals surface area (Å²) in [5.74, 6) is 0. The van der Waals surface area contributed by atoms with Crippen molar-refractivity contribution in [2.75, 3.05) is 5.73 Å². The number of fused-ring (bicyclic) bond motifs is 3. The Morgan fingerprint density at radius 2 is 1.63 bits per heavy atom. The van der Waals surface area contributed by atoms with Crippen LogP contribution in [0.4, 0.5) is 5.69 Å². The first-order chi connectivity index (χ1) is 14.7. The number of hydrogen-bond donors (Lipinski definition) is 1. The lowest BCUT2D eigenvalue weighted by atomic mass is 9.99. The fourth-order valence-electron chi connectivity index (χ4n) is 3.83. The second-order valence-corrected chi connectivity index (χ2v) is 7.01. The Morgan fingerprint density at radius 3 is 2.33 bits per heavy atom. The van der Waals surface area contributed by atoms with Crippen molar-refractivity contribution in [3.05, 3.63) is 89.5 Å². The second kappa shape index (κ2) is 7.99. The third-order valence-electron chi connectivity index (χ3n) is 5.27. The Balaban J connectivity index is 1.83. The molecular formula is C26H20N4. The van der Waals surface area contributed by atoms with E-state index < -0.39 is 0 Å². The summed E-state index contributed by atoms with van der Waals surface area (Å²) < 4.78 is 2.31. The van der Waals surface area contributed by atoms with Crippen LogP contribution in [0.1, 0.15) is 18.1 Å². The van der Waals surface area contributed by atoms with Gasteiger partial charge in [-0.25, -0.2) is 0 Å². The van der Waals surface area contributed by atoms with E-state index in [0.717, 1.165) is 17.7 Å². The average Bonchev–Trinajstić information content (AvgIpc) is 3.10. The van der Waals surface area contributed by atoms with Crippen molar-refractivity contribution in [3.8, 4) is 12.1 Å². The van der Waals surface area contributed by atoms with Gasteiger partial charge in [-0.05, 0) is 48.4 Å². The van der Waals surface area contributed by atoms with E-state index in [0.29, 0.717) is 11.3 Å². The predicted octanol–water partition coefficient (Wildman–Crippen LogP) is 5.91. The molecule has 144 valence electrons. The van der Waals surface area contributed by atoms with Crippen molar-refractivity contribution in [1.82, 2.24) is 4.57 Å². The molecule has 1 aromatic heterocycles. The van der Waals surface area contributed by atoms with Crippen LogP contribution >= 0.6 is 0 Å². The third-order valence-corrected chi connectivity index (χ3v) is 5.27. The monoisotopic (exact) mass is 388 g/mol. The van der Waals surface area contributed by atoms with E-state index in [9.17, 15) is 10.5 Å². The zero-order chi connectivity index (χ0) is 21.1. The highest BCUT2D eigenvalue weighted by Gasteiger charge is 2.10. The molecular weight excluding hydrogens is 368 g/mol. The molecule has 0 fully saturated rings. The zero-order valence-electron chi connectivity index (χ0n) is 16.6. The Morgan fingerprint density at radius 1 is 0.933 bits per heavy atom. The van der Waals surface area contributed by atoms with Crippen molar-refractivity contribution in [2.45, 2.75) is 13.5 Å². The van der Waals surface area contributed by atoms with Crippen molar-refractivity contribution < 1.29 is 0 Å². The number of nitrogen functional groups attached to an aromatic ring is 1. The van der Waals surface area contributed by atoms with Gasteiger partial charge in [0, 0.05) is 39.6 Å². The third kappa shape index (κ3) is 3.32. The van der Waals surface area contributed by atoms with E-state index in [1.807, 2.05) is 36.4 Å². The Kier molecular flexibility index (Phi) is 5.08. The van der Waals surface area contributed by atoms with Crippen LogP contribution in [0.3, 0.4) is 0 Å². The quantitative estimate of drug-likeness (QED) is 0.268. The number of rotatable bonds is 4. The number of nitriles is 2. The molecule has 0 bridgehead atoms. The Hall–Kier alpha value is -4.28. The molecule has 0 aliphatic rings. The molecule has 4 heteroatoms. The van der Waals surface area contributed by atoms with Gasteiger partial charge in [0.1, 0.15) is 17.7 Å². The minimum absolute atomic E-state index is 0.0692. The molecule has 0 unspecified atom stereocenters. The van der Waals surface area contributed by atoms with Gasteiger partial charge < -0.3 is 10.3 Å². The van der Waals surface area contributed by atoms with Gasteiger partial charge in [-0.3, -0.25) is 0 Å². The van der Waals surface area contributed by atoms with Gasteiger partial charge in [-0.15, -0.1) is 0 Å². The van der Waals surface area contributed by atoms with E-state index in [2.05, 4.69) is 54.0 Å². The Labute approximate surface area is 175 Å². The van der Waals surface area contributed by atoms with Crippen LogP contribution in [0.2, 0.25) is 0 Å². The highest BCUT2D eigenvalue weighted by atomic mass is 15.0. The molecule has 3 aromatic carbocycles. The summed E-state index contributed by atoms with van der Waals surface area (Å²) in [7, 11) is 0. The van der Waals surface area contributed by atoms with E-state index in [4.69, 9.17) is 5.73 Å². The largest absolute Gasteiger partial charge is 0.399 e. The minimum Gasteiger partial charge on any atom is -0.399 e. The first-order valence-electron chi connectivity index (χ1n) is 9.75. The lowest BCUT2D eigenvalue weighted by Crippen LogP contribution is -1.92. The molecule has 0 amide bonds. The number of para-hydroxylation sites is 1. The van der Waals surface area contributed by atoms with Gasteiger partial charge in [-0.1, -0.05) is 48.6 Å².